The third kappa shape index (κ3) is 6.24. The van der Waals surface area contributed by atoms with E-state index in [9.17, 15) is 9.59 Å². The number of hydrogen-bond donors (Lipinski definition) is 1. The monoisotopic (exact) mass is 401 g/mol. The van der Waals surface area contributed by atoms with Crippen LogP contribution >= 0.6 is 0 Å². The summed E-state index contributed by atoms with van der Waals surface area (Å²) in [5.74, 6) is 0.444. The minimum atomic E-state index is -0.283. The average molecular weight is 402 g/mol. The first-order valence-electron chi connectivity index (χ1n) is 10.9. The van der Waals surface area contributed by atoms with E-state index in [0.717, 1.165) is 36.5 Å². The van der Waals surface area contributed by atoms with Crippen LogP contribution < -0.4 is 10.2 Å². The van der Waals surface area contributed by atoms with E-state index in [1.165, 1.54) is 45.6 Å². The lowest BCUT2D eigenvalue weighted by molar-refractivity contribution is -0.120. The molecule has 0 spiro atoms. The first-order chi connectivity index (χ1) is 14.1. The van der Waals surface area contributed by atoms with Crippen LogP contribution in [-0.4, -0.2) is 86.9 Å². The molecule has 0 saturated carbocycles. The molecule has 0 aromatic carbocycles. The largest absolute Gasteiger partial charge is 0.370 e. The van der Waals surface area contributed by atoms with Gasteiger partial charge in [0.25, 0.3) is 0 Å². The molecule has 1 amide bonds. The van der Waals surface area contributed by atoms with Gasteiger partial charge in [0, 0.05) is 71.4 Å². The number of nitrogens with zero attached hydrogens (tertiary/aromatic N) is 4. The molecule has 7 heteroatoms. The number of amides is 1. The van der Waals surface area contributed by atoms with Crippen LogP contribution in [0.4, 0.5) is 5.69 Å². The molecule has 160 valence electrons. The van der Waals surface area contributed by atoms with E-state index in [-0.39, 0.29) is 11.8 Å². The van der Waals surface area contributed by atoms with Crippen LogP contribution in [0.2, 0.25) is 0 Å². The lowest BCUT2D eigenvalue weighted by Crippen LogP contribution is -2.47. The summed E-state index contributed by atoms with van der Waals surface area (Å²) in [6.07, 6.45) is 7.85. The molecule has 1 N–H and O–H groups in total. The highest BCUT2D eigenvalue weighted by atomic mass is 16.1. The maximum absolute atomic E-state index is 11.6. The highest BCUT2D eigenvalue weighted by molar-refractivity contribution is 5.76. The number of hydrogen-bond acceptors (Lipinski definition) is 6. The molecule has 2 fully saturated rings. The number of aromatic nitrogens is 1. The van der Waals surface area contributed by atoms with Gasteiger partial charge in [-0.05, 0) is 43.9 Å². The van der Waals surface area contributed by atoms with Crippen LogP contribution in [0.1, 0.15) is 37.2 Å². The molecule has 2 aliphatic rings. The minimum Gasteiger partial charge on any atom is -0.370 e. The maximum Gasteiger partial charge on any atom is 0.219 e. The first kappa shape index (κ1) is 21.7. The van der Waals surface area contributed by atoms with Gasteiger partial charge in [-0.15, -0.1) is 0 Å². The van der Waals surface area contributed by atoms with Crippen molar-refractivity contribution in [2.24, 2.45) is 5.92 Å². The number of likely N-dealkylation sites (N-methyl/N-ethyl adjacent to an activating group) is 1. The Kier molecular flexibility index (Phi) is 8.00. The molecule has 1 unspecified atom stereocenters. The fourth-order valence-electron chi connectivity index (χ4n) is 4.31. The lowest BCUT2D eigenvalue weighted by atomic mass is 9.94. The van der Waals surface area contributed by atoms with Crippen molar-refractivity contribution in [1.29, 1.82) is 0 Å². The number of piperidine rings is 1. The Hall–Kier alpha value is -1.99. The van der Waals surface area contributed by atoms with Crippen LogP contribution in [0.15, 0.2) is 18.5 Å². The van der Waals surface area contributed by atoms with Crippen molar-refractivity contribution in [2.75, 3.05) is 64.8 Å². The summed E-state index contributed by atoms with van der Waals surface area (Å²) >= 11 is 0. The Labute approximate surface area is 174 Å². The van der Waals surface area contributed by atoms with E-state index < -0.39 is 0 Å². The van der Waals surface area contributed by atoms with Crippen molar-refractivity contribution in [3.8, 4) is 0 Å². The van der Waals surface area contributed by atoms with Gasteiger partial charge in [0.15, 0.2) is 0 Å². The predicted molar refractivity (Wildman–Crippen MR) is 115 cm³/mol. The third-order valence-corrected chi connectivity index (χ3v) is 6.39. The molecule has 3 heterocycles. The van der Waals surface area contributed by atoms with Gasteiger partial charge in [-0.2, -0.15) is 0 Å². The Bertz CT molecular complexity index is 667. The molecule has 1 atom stereocenters. The van der Waals surface area contributed by atoms with E-state index in [2.05, 4.69) is 38.1 Å². The smallest absolute Gasteiger partial charge is 0.219 e. The van der Waals surface area contributed by atoms with Gasteiger partial charge in [0.1, 0.15) is 6.29 Å². The molecular weight excluding hydrogens is 366 g/mol. The van der Waals surface area contributed by atoms with Crippen molar-refractivity contribution in [3.05, 3.63) is 24.0 Å². The fourth-order valence-corrected chi connectivity index (χ4v) is 4.31. The predicted octanol–water partition coefficient (Wildman–Crippen LogP) is 1.35. The molecule has 7 nitrogen and oxygen atoms in total. The van der Waals surface area contributed by atoms with Gasteiger partial charge in [-0.3, -0.25) is 9.78 Å². The molecule has 0 aliphatic carbocycles. The van der Waals surface area contributed by atoms with E-state index in [1.807, 2.05) is 6.20 Å². The Balaban J connectivity index is 1.52. The first-order valence-corrected chi connectivity index (χ1v) is 10.9. The van der Waals surface area contributed by atoms with Crippen molar-refractivity contribution in [2.45, 2.75) is 31.6 Å². The zero-order chi connectivity index (χ0) is 20.6. The van der Waals surface area contributed by atoms with Gasteiger partial charge in [0.2, 0.25) is 5.91 Å². The number of rotatable bonds is 8. The molecular formula is C22H35N5O2. The average Bonchev–Trinajstić information content (AvgIpc) is 2.76. The molecule has 0 radical (unpaired) electrons. The van der Waals surface area contributed by atoms with E-state index in [4.69, 9.17) is 0 Å². The zero-order valence-electron chi connectivity index (χ0n) is 17.8. The van der Waals surface area contributed by atoms with Gasteiger partial charge in [-0.1, -0.05) is 0 Å². The zero-order valence-corrected chi connectivity index (χ0v) is 17.8. The standard InChI is InChI=1S/C22H35N5O2/c1-23-22(29)4-3-19(17-28)20-13-21(15-24-14-20)27-7-5-18(6-8-27)16-26-11-9-25(2)10-12-26/h13-15,17-19H,3-12,16H2,1-2H3,(H,23,29). The van der Waals surface area contributed by atoms with Gasteiger partial charge in [0.05, 0.1) is 11.9 Å². The Morgan fingerprint density at radius 1 is 1.21 bits per heavy atom. The topological polar surface area (TPSA) is 68.8 Å². The summed E-state index contributed by atoms with van der Waals surface area (Å²) in [6.45, 7) is 8.01. The molecule has 2 aliphatic heterocycles. The van der Waals surface area contributed by atoms with Crippen LogP contribution in [0.5, 0.6) is 0 Å². The number of nitrogens with one attached hydrogen (secondary N) is 1. The maximum atomic E-state index is 11.6. The molecule has 3 rings (SSSR count). The Morgan fingerprint density at radius 3 is 2.59 bits per heavy atom. The molecule has 0 bridgehead atoms. The number of piperazine rings is 1. The summed E-state index contributed by atoms with van der Waals surface area (Å²) < 4.78 is 0. The molecule has 29 heavy (non-hydrogen) atoms. The van der Waals surface area contributed by atoms with Crippen LogP contribution in [0, 0.1) is 5.92 Å². The molecule has 1 aromatic heterocycles. The molecule has 1 aromatic rings. The van der Waals surface area contributed by atoms with Gasteiger partial charge in [-0.25, -0.2) is 0 Å². The number of carbonyl (C=O) groups is 2. The highest BCUT2D eigenvalue weighted by Crippen LogP contribution is 2.27. The van der Waals surface area contributed by atoms with Crippen molar-refractivity contribution >= 4 is 17.9 Å². The van der Waals surface area contributed by atoms with Crippen LogP contribution in [-0.2, 0) is 9.59 Å². The number of pyridine rings is 1. The number of carbonyl (C=O) groups excluding carboxylic acids is 2. The minimum absolute atomic E-state index is 0.0385. The van der Waals surface area contributed by atoms with Crippen LogP contribution in [0.25, 0.3) is 0 Å². The normalized spacial score (nSPS) is 20.4. The third-order valence-electron chi connectivity index (χ3n) is 6.39. The van der Waals surface area contributed by atoms with E-state index in [1.54, 1.807) is 13.2 Å². The van der Waals surface area contributed by atoms with Crippen molar-refractivity contribution in [1.82, 2.24) is 20.1 Å². The summed E-state index contributed by atoms with van der Waals surface area (Å²) in [7, 11) is 3.82. The molecule has 2 saturated heterocycles. The van der Waals surface area contributed by atoms with Crippen molar-refractivity contribution in [3.63, 3.8) is 0 Å². The fraction of sp³-hybridized carbons (Fsp3) is 0.682. The summed E-state index contributed by atoms with van der Waals surface area (Å²) in [6, 6.07) is 2.08. The summed E-state index contributed by atoms with van der Waals surface area (Å²) in [5.41, 5.74) is 1.99. The number of anilines is 1. The second kappa shape index (κ2) is 10.7. The Morgan fingerprint density at radius 2 is 1.93 bits per heavy atom. The summed E-state index contributed by atoms with van der Waals surface area (Å²) in [4.78, 5) is 34.9. The highest BCUT2D eigenvalue weighted by Gasteiger charge is 2.24. The van der Waals surface area contributed by atoms with Gasteiger partial charge < -0.3 is 24.8 Å². The lowest BCUT2D eigenvalue weighted by Gasteiger charge is -2.38. The quantitative estimate of drug-likeness (QED) is 0.664. The van der Waals surface area contributed by atoms with Crippen molar-refractivity contribution < 1.29 is 9.59 Å². The second-order valence-corrected chi connectivity index (χ2v) is 8.47. The van der Waals surface area contributed by atoms with Gasteiger partial charge >= 0.3 is 0 Å². The van der Waals surface area contributed by atoms with E-state index in [0.29, 0.717) is 12.8 Å². The van der Waals surface area contributed by atoms with Crippen LogP contribution in [0.3, 0.4) is 0 Å². The number of aldehydes is 1. The van der Waals surface area contributed by atoms with E-state index >= 15 is 0 Å². The summed E-state index contributed by atoms with van der Waals surface area (Å²) in [5, 5.41) is 2.61. The second-order valence-electron chi connectivity index (χ2n) is 8.47. The SMILES string of the molecule is CNC(=O)CCC(C=O)c1cncc(N2CCC(CN3CCN(C)CC3)CC2)c1.